The van der Waals surface area contributed by atoms with Crippen molar-refractivity contribution in [2.45, 2.75) is 47.0 Å². The molecule has 0 aliphatic rings. The van der Waals surface area contributed by atoms with Crippen molar-refractivity contribution in [2.75, 3.05) is 26.2 Å². The molecule has 0 aromatic rings. The summed E-state index contributed by atoms with van der Waals surface area (Å²) in [6.07, 6.45) is 3.73. The molecule has 116 valence electrons. The van der Waals surface area contributed by atoms with E-state index in [1.807, 2.05) is 6.92 Å². The van der Waals surface area contributed by atoms with Gasteiger partial charge in [0.25, 0.3) is 0 Å². The van der Waals surface area contributed by atoms with E-state index in [9.17, 15) is 0 Å². The lowest BCUT2D eigenvalue weighted by atomic mass is 10.1. The Balaban J connectivity index is 0. The van der Waals surface area contributed by atoms with Gasteiger partial charge in [-0.15, -0.1) is 24.0 Å². The highest BCUT2D eigenvalue weighted by atomic mass is 127. The van der Waals surface area contributed by atoms with Gasteiger partial charge >= 0.3 is 0 Å². The van der Waals surface area contributed by atoms with Crippen molar-refractivity contribution in [2.24, 2.45) is 16.8 Å². The van der Waals surface area contributed by atoms with E-state index >= 15 is 0 Å². The lowest BCUT2D eigenvalue weighted by Crippen LogP contribution is -2.38. The molecule has 5 heteroatoms. The molecule has 0 saturated carbocycles. The first-order chi connectivity index (χ1) is 8.60. The number of aliphatic hydroxyl groups excluding tert-OH is 1. The van der Waals surface area contributed by atoms with Crippen LogP contribution in [0.3, 0.4) is 0 Å². The molecule has 0 spiro atoms. The average molecular weight is 385 g/mol. The summed E-state index contributed by atoms with van der Waals surface area (Å²) in [6, 6.07) is 0. The van der Waals surface area contributed by atoms with Crippen LogP contribution in [0.2, 0.25) is 0 Å². The van der Waals surface area contributed by atoms with E-state index in [0.29, 0.717) is 6.54 Å². The molecule has 4 nitrogen and oxygen atoms in total. The molecule has 0 aromatic heterocycles. The molecule has 1 unspecified atom stereocenters. The highest BCUT2D eigenvalue weighted by molar-refractivity contribution is 14.0. The molecule has 0 fully saturated rings. The Bertz CT molecular complexity index is 223. The molecule has 1 atom stereocenters. The molecule has 0 radical (unpaired) electrons. The SMILES string of the molecule is CCNC(=NCC(C)CO)NCCCCC(C)C.I. The van der Waals surface area contributed by atoms with Crippen LogP contribution in [0.25, 0.3) is 0 Å². The topological polar surface area (TPSA) is 56.7 Å². The van der Waals surface area contributed by atoms with Gasteiger partial charge in [0.2, 0.25) is 0 Å². The van der Waals surface area contributed by atoms with E-state index in [2.05, 4.69) is 36.4 Å². The van der Waals surface area contributed by atoms with Crippen molar-refractivity contribution < 1.29 is 5.11 Å². The number of hydrogen-bond donors (Lipinski definition) is 3. The van der Waals surface area contributed by atoms with Crippen LogP contribution in [-0.4, -0.2) is 37.3 Å². The number of nitrogens with one attached hydrogen (secondary N) is 2. The van der Waals surface area contributed by atoms with E-state index in [0.717, 1.165) is 25.0 Å². The third kappa shape index (κ3) is 14.2. The van der Waals surface area contributed by atoms with E-state index < -0.39 is 0 Å². The van der Waals surface area contributed by atoms with Crippen molar-refractivity contribution in [3.05, 3.63) is 0 Å². The predicted octanol–water partition coefficient (Wildman–Crippen LogP) is 2.61. The zero-order valence-electron chi connectivity index (χ0n) is 12.9. The minimum Gasteiger partial charge on any atom is -0.396 e. The fourth-order valence-corrected chi connectivity index (χ4v) is 1.53. The smallest absolute Gasteiger partial charge is 0.191 e. The van der Waals surface area contributed by atoms with Gasteiger partial charge in [0, 0.05) is 26.2 Å². The molecule has 0 aromatic carbocycles. The predicted molar refractivity (Wildman–Crippen MR) is 94.3 cm³/mol. The van der Waals surface area contributed by atoms with Crippen LogP contribution < -0.4 is 10.6 Å². The van der Waals surface area contributed by atoms with Crippen molar-refractivity contribution >= 4 is 29.9 Å². The quantitative estimate of drug-likeness (QED) is 0.248. The van der Waals surface area contributed by atoms with Gasteiger partial charge in [-0.05, 0) is 25.2 Å². The third-order valence-electron chi connectivity index (χ3n) is 2.72. The number of guanidine groups is 1. The van der Waals surface area contributed by atoms with Crippen molar-refractivity contribution in [3.8, 4) is 0 Å². The Hall–Kier alpha value is -0.0400. The second-order valence-corrected chi connectivity index (χ2v) is 5.32. The monoisotopic (exact) mass is 385 g/mol. The van der Waals surface area contributed by atoms with Gasteiger partial charge in [0.1, 0.15) is 0 Å². The molecular weight excluding hydrogens is 353 g/mol. The number of nitrogens with zero attached hydrogens (tertiary/aromatic N) is 1. The summed E-state index contributed by atoms with van der Waals surface area (Å²) in [5, 5.41) is 15.5. The van der Waals surface area contributed by atoms with Crippen LogP contribution in [0.15, 0.2) is 4.99 Å². The standard InChI is InChI=1S/C14H31N3O.HI/c1-5-15-14(17-10-13(4)11-18)16-9-7-6-8-12(2)3;/h12-13,18H,5-11H2,1-4H3,(H2,15,16,17);1H. The number of halogens is 1. The van der Waals surface area contributed by atoms with Crippen LogP contribution in [0.5, 0.6) is 0 Å². The van der Waals surface area contributed by atoms with E-state index in [-0.39, 0.29) is 36.5 Å². The normalized spacial score (nSPS) is 13.1. The number of aliphatic imine (C=N–C) groups is 1. The van der Waals surface area contributed by atoms with Crippen LogP contribution in [0.4, 0.5) is 0 Å². The molecule has 0 rings (SSSR count). The van der Waals surface area contributed by atoms with Crippen LogP contribution >= 0.6 is 24.0 Å². The fraction of sp³-hybridized carbons (Fsp3) is 0.929. The maximum Gasteiger partial charge on any atom is 0.191 e. The Kier molecular flexibility index (Phi) is 16.1. The molecule has 0 saturated heterocycles. The highest BCUT2D eigenvalue weighted by Gasteiger charge is 2.01. The molecule has 0 bridgehead atoms. The average Bonchev–Trinajstić information content (AvgIpc) is 2.34. The fourth-order valence-electron chi connectivity index (χ4n) is 1.53. The van der Waals surface area contributed by atoms with Gasteiger partial charge < -0.3 is 15.7 Å². The lowest BCUT2D eigenvalue weighted by molar-refractivity contribution is 0.241. The Morgan fingerprint density at radius 2 is 1.84 bits per heavy atom. The summed E-state index contributed by atoms with van der Waals surface area (Å²) in [6.45, 7) is 11.3. The number of aliphatic hydroxyl groups is 1. The lowest BCUT2D eigenvalue weighted by Gasteiger charge is -2.12. The molecule has 0 aliphatic carbocycles. The van der Waals surface area contributed by atoms with Gasteiger partial charge in [-0.1, -0.05) is 33.6 Å². The maximum absolute atomic E-state index is 8.97. The molecular formula is C14H32IN3O. The van der Waals surface area contributed by atoms with Crippen molar-refractivity contribution in [1.29, 1.82) is 0 Å². The molecule has 0 amide bonds. The Morgan fingerprint density at radius 3 is 2.37 bits per heavy atom. The molecule has 0 aliphatic heterocycles. The largest absolute Gasteiger partial charge is 0.396 e. The van der Waals surface area contributed by atoms with Gasteiger partial charge in [-0.3, -0.25) is 4.99 Å². The number of unbranched alkanes of at least 4 members (excludes halogenated alkanes) is 1. The number of rotatable bonds is 9. The highest BCUT2D eigenvalue weighted by Crippen LogP contribution is 2.04. The zero-order chi connectivity index (χ0) is 13.8. The van der Waals surface area contributed by atoms with Crippen LogP contribution in [0, 0.1) is 11.8 Å². The second-order valence-electron chi connectivity index (χ2n) is 5.32. The van der Waals surface area contributed by atoms with Gasteiger partial charge in [0.15, 0.2) is 5.96 Å². The summed E-state index contributed by atoms with van der Waals surface area (Å²) in [5.41, 5.74) is 0. The number of hydrogen-bond acceptors (Lipinski definition) is 2. The summed E-state index contributed by atoms with van der Waals surface area (Å²) in [7, 11) is 0. The van der Waals surface area contributed by atoms with E-state index in [1.165, 1.54) is 19.3 Å². The Morgan fingerprint density at radius 1 is 1.16 bits per heavy atom. The van der Waals surface area contributed by atoms with Gasteiger partial charge in [-0.25, -0.2) is 0 Å². The van der Waals surface area contributed by atoms with Gasteiger partial charge in [0.05, 0.1) is 0 Å². The molecule has 0 heterocycles. The third-order valence-corrected chi connectivity index (χ3v) is 2.72. The van der Waals surface area contributed by atoms with E-state index in [4.69, 9.17) is 5.11 Å². The maximum atomic E-state index is 8.97. The summed E-state index contributed by atoms with van der Waals surface area (Å²) >= 11 is 0. The Labute approximate surface area is 135 Å². The summed E-state index contributed by atoms with van der Waals surface area (Å²) < 4.78 is 0. The minimum atomic E-state index is 0. The molecule has 3 N–H and O–H groups in total. The van der Waals surface area contributed by atoms with E-state index in [1.54, 1.807) is 0 Å². The first-order valence-electron chi connectivity index (χ1n) is 7.23. The molecule has 19 heavy (non-hydrogen) atoms. The zero-order valence-corrected chi connectivity index (χ0v) is 15.2. The summed E-state index contributed by atoms with van der Waals surface area (Å²) in [4.78, 5) is 4.45. The van der Waals surface area contributed by atoms with Crippen LogP contribution in [-0.2, 0) is 0 Å². The van der Waals surface area contributed by atoms with Crippen LogP contribution in [0.1, 0.15) is 47.0 Å². The first kappa shape index (κ1) is 21.3. The van der Waals surface area contributed by atoms with Crippen molar-refractivity contribution in [3.63, 3.8) is 0 Å². The first-order valence-corrected chi connectivity index (χ1v) is 7.23. The summed E-state index contributed by atoms with van der Waals surface area (Å²) in [5.74, 6) is 1.88. The minimum absolute atomic E-state index is 0. The van der Waals surface area contributed by atoms with Crippen molar-refractivity contribution in [1.82, 2.24) is 10.6 Å². The second kappa shape index (κ2) is 14.4. The van der Waals surface area contributed by atoms with Gasteiger partial charge in [-0.2, -0.15) is 0 Å².